The van der Waals surface area contributed by atoms with Crippen molar-refractivity contribution in [2.24, 2.45) is 10.7 Å². The van der Waals surface area contributed by atoms with Crippen LogP contribution in [-0.4, -0.2) is 24.2 Å². The highest BCUT2D eigenvalue weighted by atomic mass is 35.5. The van der Waals surface area contributed by atoms with Crippen LogP contribution < -0.4 is 15.2 Å². The van der Waals surface area contributed by atoms with Gasteiger partial charge in [0.25, 0.3) is 5.91 Å². The number of aliphatic imine (C=N–C) groups is 1. The van der Waals surface area contributed by atoms with Crippen LogP contribution in [0.15, 0.2) is 40.2 Å². The predicted octanol–water partition coefficient (Wildman–Crippen LogP) is 3.78. The Hall–Kier alpha value is -2.91. The summed E-state index contributed by atoms with van der Waals surface area (Å²) in [5, 5.41) is -0.143. The van der Waals surface area contributed by atoms with Crippen LogP contribution >= 0.6 is 23.4 Å². The Balaban J connectivity index is 1.85. The van der Waals surface area contributed by atoms with E-state index in [-0.39, 0.29) is 27.3 Å². The number of amidine groups is 1. The molecule has 2 aromatic carbocycles. The van der Waals surface area contributed by atoms with E-state index in [1.54, 1.807) is 12.1 Å². The highest BCUT2D eigenvalue weighted by Gasteiger charge is 2.21. The normalized spacial score (nSPS) is 14.9. The Labute approximate surface area is 167 Å². The van der Waals surface area contributed by atoms with Crippen molar-refractivity contribution in [1.29, 1.82) is 0 Å². The molecule has 0 spiro atoms. The van der Waals surface area contributed by atoms with E-state index in [9.17, 15) is 18.4 Å². The first-order valence-corrected chi connectivity index (χ1v) is 8.80. The van der Waals surface area contributed by atoms with Crippen LogP contribution in [-0.2, 0) is 4.79 Å². The summed E-state index contributed by atoms with van der Waals surface area (Å²) in [6, 6.07) is 5.84. The van der Waals surface area contributed by atoms with Gasteiger partial charge in [0, 0.05) is 0 Å². The number of benzene rings is 2. The van der Waals surface area contributed by atoms with Crippen molar-refractivity contribution in [3.8, 4) is 11.5 Å². The second-order valence-electron chi connectivity index (χ2n) is 5.41. The van der Waals surface area contributed by atoms with Crippen molar-refractivity contribution in [2.75, 3.05) is 7.11 Å². The number of rotatable bonds is 4. The fourth-order valence-electron chi connectivity index (χ4n) is 2.27. The summed E-state index contributed by atoms with van der Waals surface area (Å²) in [7, 11) is 1.35. The largest absolute Gasteiger partial charge is 0.493 e. The number of thioether (sulfide) groups is 1. The number of nitrogens with two attached hydrogens (primary N) is 1. The van der Waals surface area contributed by atoms with Crippen LogP contribution in [0.1, 0.15) is 15.9 Å². The number of halogens is 3. The highest BCUT2D eigenvalue weighted by molar-refractivity contribution is 8.18. The van der Waals surface area contributed by atoms with E-state index in [1.807, 2.05) is 0 Å². The van der Waals surface area contributed by atoms with Gasteiger partial charge in [0.05, 0.1) is 22.6 Å². The van der Waals surface area contributed by atoms with Crippen LogP contribution in [0.5, 0.6) is 11.5 Å². The maximum absolute atomic E-state index is 13.4. The Kier molecular flexibility index (Phi) is 5.66. The number of carbonyl (C=O) groups is 2. The minimum Gasteiger partial charge on any atom is -0.493 e. The average Bonchev–Trinajstić information content (AvgIpc) is 2.96. The van der Waals surface area contributed by atoms with Gasteiger partial charge in [0.2, 0.25) is 0 Å². The number of esters is 1. The number of carbonyl (C=O) groups excluding carboxylic acids is 2. The Morgan fingerprint density at radius 1 is 1.21 bits per heavy atom. The average molecular weight is 425 g/mol. The van der Waals surface area contributed by atoms with E-state index >= 15 is 0 Å². The predicted molar refractivity (Wildman–Crippen MR) is 102 cm³/mol. The van der Waals surface area contributed by atoms with E-state index in [2.05, 4.69) is 4.99 Å². The lowest BCUT2D eigenvalue weighted by Gasteiger charge is -2.11. The molecular formula is C18H11ClF2N2O4S. The summed E-state index contributed by atoms with van der Waals surface area (Å²) in [5.41, 5.74) is 5.73. The fourth-order valence-corrected chi connectivity index (χ4v) is 3.18. The number of methoxy groups -OCH3 is 1. The van der Waals surface area contributed by atoms with Crippen LogP contribution in [0.2, 0.25) is 5.02 Å². The molecule has 0 fully saturated rings. The summed E-state index contributed by atoms with van der Waals surface area (Å²) >= 11 is 6.81. The van der Waals surface area contributed by atoms with Gasteiger partial charge in [-0.05, 0) is 47.7 Å². The molecule has 0 unspecified atom stereocenters. The first-order valence-electron chi connectivity index (χ1n) is 7.61. The third-order valence-electron chi connectivity index (χ3n) is 3.56. The number of hydrogen-bond donors (Lipinski definition) is 1. The zero-order valence-electron chi connectivity index (χ0n) is 14.2. The van der Waals surface area contributed by atoms with Crippen molar-refractivity contribution in [3.63, 3.8) is 0 Å². The van der Waals surface area contributed by atoms with Gasteiger partial charge in [-0.1, -0.05) is 17.7 Å². The Morgan fingerprint density at radius 2 is 1.93 bits per heavy atom. The van der Waals surface area contributed by atoms with Gasteiger partial charge in [-0.2, -0.15) is 4.99 Å². The van der Waals surface area contributed by atoms with Crippen LogP contribution in [0, 0.1) is 11.6 Å². The minimum atomic E-state index is -1.23. The van der Waals surface area contributed by atoms with Crippen molar-refractivity contribution in [1.82, 2.24) is 0 Å². The molecule has 3 rings (SSSR count). The van der Waals surface area contributed by atoms with Gasteiger partial charge in [0.15, 0.2) is 28.3 Å². The summed E-state index contributed by atoms with van der Waals surface area (Å²) < 4.78 is 36.9. The maximum Gasteiger partial charge on any atom is 0.345 e. The van der Waals surface area contributed by atoms with Gasteiger partial charge in [0.1, 0.15) is 0 Å². The highest BCUT2D eigenvalue weighted by Crippen LogP contribution is 2.33. The summed E-state index contributed by atoms with van der Waals surface area (Å²) in [4.78, 5) is 27.9. The smallest absolute Gasteiger partial charge is 0.345 e. The Morgan fingerprint density at radius 3 is 2.57 bits per heavy atom. The van der Waals surface area contributed by atoms with Crippen molar-refractivity contribution in [2.45, 2.75) is 0 Å². The molecule has 0 aliphatic carbocycles. The molecule has 1 aliphatic heterocycles. The molecule has 2 aromatic rings. The van der Waals surface area contributed by atoms with Gasteiger partial charge in [-0.25, -0.2) is 13.6 Å². The van der Waals surface area contributed by atoms with E-state index in [4.69, 9.17) is 26.8 Å². The van der Waals surface area contributed by atoms with Gasteiger partial charge >= 0.3 is 5.97 Å². The SMILES string of the molecule is COc1cc(C=C2SC(N)=NC2=O)ccc1OC(=O)c1cc(F)c(F)cc1Cl. The number of hydrogen-bond acceptors (Lipinski definition) is 6. The third-order valence-corrected chi connectivity index (χ3v) is 4.68. The minimum absolute atomic E-state index is 0.0246. The quantitative estimate of drug-likeness (QED) is 0.347. The van der Waals surface area contributed by atoms with Crippen LogP contribution in [0.4, 0.5) is 8.78 Å². The fraction of sp³-hybridized carbons (Fsp3) is 0.0556. The van der Waals surface area contributed by atoms with E-state index in [1.165, 1.54) is 19.2 Å². The summed E-state index contributed by atoms with van der Waals surface area (Å²) in [6.45, 7) is 0. The molecule has 1 amide bonds. The molecule has 0 saturated heterocycles. The van der Waals surface area contributed by atoms with Crippen LogP contribution in [0.25, 0.3) is 6.08 Å². The molecule has 0 atom stereocenters. The lowest BCUT2D eigenvalue weighted by atomic mass is 10.1. The molecule has 144 valence electrons. The maximum atomic E-state index is 13.4. The lowest BCUT2D eigenvalue weighted by Crippen LogP contribution is -2.11. The van der Waals surface area contributed by atoms with E-state index in [0.29, 0.717) is 22.6 Å². The van der Waals surface area contributed by atoms with Crippen molar-refractivity contribution in [3.05, 3.63) is 63.0 Å². The molecule has 1 heterocycles. The zero-order chi connectivity index (χ0) is 20.4. The Bertz CT molecular complexity index is 1060. The summed E-state index contributed by atoms with van der Waals surface area (Å²) in [5.74, 6) is -3.66. The second kappa shape index (κ2) is 7.99. The van der Waals surface area contributed by atoms with Gasteiger partial charge < -0.3 is 15.2 Å². The summed E-state index contributed by atoms with van der Waals surface area (Å²) in [6.07, 6.45) is 1.55. The molecule has 1 aliphatic rings. The molecule has 0 aromatic heterocycles. The number of nitrogens with zero attached hydrogens (tertiary/aromatic N) is 1. The first-order chi connectivity index (χ1) is 13.3. The van der Waals surface area contributed by atoms with Crippen LogP contribution in [0.3, 0.4) is 0 Å². The van der Waals surface area contributed by atoms with Crippen molar-refractivity contribution >= 4 is 46.5 Å². The molecule has 0 saturated carbocycles. The monoisotopic (exact) mass is 424 g/mol. The zero-order valence-corrected chi connectivity index (χ0v) is 15.7. The first kappa shape index (κ1) is 19.8. The topological polar surface area (TPSA) is 91.0 Å². The number of ether oxygens (including phenoxy) is 2. The molecule has 10 heteroatoms. The third kappa shape index (κ3) is 4.15. The van der Waals surface area contributed by atoms with E-state index in [0.717, 1.165) is 11.8 Å². The number of amides is 1. The van der Waals surface area contributed by atoms with Gasteiger partial charge in [-0.15, -0.1) is 0 Å². The lowest BCUT2D eigenvalue weighted by molar-refractivity contribution is -0.113. The molecule has 28 heavy (non-hydrogen) atoms. The second-order valence-corrected chi connectivity index (χ2v) is 6.88. The van der Waals surface area contributed by atoms with E-state index < -0.39 is 23.5 Å². The standard InChI is InChI=1S/C18H11ClF2N2O4S/c1-26-14-4-8(5-15-16(24)23-18(22)28-15)2-3-13(14)27-17(25)9-6-11(20)12(21)7-10(9)19/h2-7H,1H3,(H2,22,23,24). The molecule has 2 N–H and O–H groups in total. The van der Waals surface area contributed by atoms with Gasteiger partial charge in [-0.3, -0.25) is 4.79 Å². The van der Waals surface area contributed by atoms with Crippen molar-refractivity contribution < 1.29 is 27.8 Å². The molecular weight excluding hydrogens is 414 g/mol. The molecule has 0 bridgehead atoms. The molecule has 0 radical (unpaired) electrons. The molecule has 6 nitrogen and oxygen atoms in total.